The van der Waals surface area contributed by atoms with Crippen molar-refractivity contribution in [3.05, 3.63) is 46.5 Å². The van der Waals surface area contributed by atoms with Crippen LogP contribution in [0.4, 0.5) is 4.39 Å². The second-order valence-corrected chi connectivity index (χ2v) is 8.29. The van der Waals surface area contributed by atoms with Crippen LogP contribution in [0.3, 0.4) is 0 Å². The lowest BCUT2D eigenvalue weighted by Crippen LogP contribution is -2.06. The minimum atomic E-state index is -4.05. The number of halogens is 2. The minimum absolute atomic E-state index is 0.0962. The summed E-state index contributed by atoms with van der Waals surface area (Å²) in [6.45, 7) is 1.37. The smallest absolute Gasteiger partial charge is 0.213 e. The maximum atomic E-state index is 13.4. The first-order valence-corrected chi connectivity index (χ1v) is 10.1. The average molecular weight is 402 g/mol. The van der Waals surface area contributed by atoms with Crippen molar-refractivity contribution in [3.8, 4) is 0 Å². The third kappa shape index (κ3) is 3.01. The lowest BCUT2D eigenvalue weighted by molar-refractivity contribution is 0.273. The van der Waals surface area contributed by atoms with Crippen LogP contribution in [0.1, 0.15) is 11.4 Å². The molecule has 0 aliphatic carbocycles. The SMILES string of the molecule is CSc1nn2c(CO)cc(C)nc2c1S(=O)(=O)c1ccc(F)c(Cl)c1. The molecule has 0 radical (unpaired) electrons. The Balaban J connectivity index is 2.37. The molecule has 3 rings (SSSR count). The van der Waals surface area contributed by atoms with Gasteiger partial charge in [0.2, 0.25) is 9.84 Å². The number of sulfone groups is 1. The van der Waals surface area contributed by atoms with Gasteiger partial charge in [0.1, 0.15) is 10.8 Å². The number of aryl methyl sites for hydroxylation is 1. The van der Waals surface area contributed by atoms with Crippen molar-refractivity contribution in [2.75, 3.05) is 6.26 Å². The summed E-state index contributed by atoms with van der Waals surface area (Å²) in [4.78, 5) is 4.02. The highest BCUT2D eigenvalue weighted by molar-refractivity contribution is 7.99. The zero-order valence-corrected chi connectivity index (χ0v) is 15.6. The lowest BCUT2D eigenvalue weighted by Gasteiger charge is -2.06. The monoisotopic (exact) mass is 401 g/mol. The molecule has 3 aromatic rings. The average Bonchev–Trinajstić information content (AvgIpc) is 2.95. The molecular weight excluding hydrogens is 389 g/mol. The number of aliphatic hydroxyl groups is 1. The van der Waals surface area contributed by atoms with Gasteiger partial charge in [0, 0.05) is 5.69 Å². The molecule has 0 fully saturated rings. The summed E-state index contributed by atoms with van der Waals surface area (Å²) in [7, 11) is -4.05. The van der Waals surface area contributed by atoms with Crippen molar-refractivity contribution >= 4 is 38.8 Å². The van der Waals surface area contributed by atoms with Crippen LogP contribution in [-0.4, -0.2) is 34.4 Å². The van der Waals surface area contributed by atoms with Gasteiger partial charge in [-0.15, -0.1) is 11.8 Å². The van der Waals surface area contributed by atoms with E-state index in [9.17, 15) is 17.9 Å². The van der Waals surface area contributed by atoms with E-state index in [1.807, 2.05) is 0 Å². The summed E-state index contributed by atoms with van der Waals surface area (Å²) in [6.07, 6.45) is 1.68. The van der Waals surface area contributed by atoms with Crippen molar-refractivity contribution < 1.29 is 17.9 Å². The molecule has 2 heterocycles. The molecule has 0 unspecified atom stereocenters. The molecule has 1 N–H and O–H groups in total. The molecule has 10 heteroatoms. The number of benzene rings is 1. The van der Waals surface area contributed by atoms with E-state index in [1.54, 1.807) is 19.2 Å². The van der Waals surface area contributed by atoms with E-state index in [-0.39, 0.29) is 32.1 Å². The number of rotatable bonds is 4. The van der Waals surface area contributed by atoms with Gasteiger partial charge in [0.05, 0.1) is 22.2 Å². The molecule has 132 valence electrons. The predicted octanol–water partition coefficient (Wildman–Crippen LogP) is 2.88. The highest BCUT2D eigenvalue weighted by Gasteiger charge is 2.29. The van der Waals surface area contributed by atoms with Gasteiger partial charge in [-0.3, -0.25) is 0 Å². The van der Waals surface area contributed by atoms with Crippen LogP contribution >= 0.6 is 23.4 Å². The number of hydrogen-bond donors (Lipinski definition) is 1. The van der Waals surface area contributed by atoms with Crippen LogP contribution in [0.5, 0.6) is 0 Å². The molecule has 0 spiro atoms. The van der Waals surface area contributed by atoms with Gasteiger partial charge in [-0.2, -0.15) is 5.10 Å². The summed E-state index contributed by atoms with van der Waals surface area (Å²) in [5.74, 6) is -0.706. The van der Waals surface area contributed by atoms with E-state index in [0.29, 0.717) is 11.4 Å². The fourth-order valence-electron chi connectivity index (χ4n) is 2.42. The molecular formula is C15H13ClFN3O3S2. The molecule has 25 heavy (non-hydrogen) atoms. The number of fused-ring (bicyclic) bond motifs is 1. The summed E-state index contributed by atoms with van der Waals surface area (Å²) in [5, 5.41) is 13.7. The highest BCUT2D eigenvalue weighted by Crippen LogP contribution is 2.34. The summed E-state index contributed by atoms with van der Waals surface area (Å²) < 4.78 is 40.9. The van der Waals surface area contributed by atoms with Crippen LogP contribution in [0.25, 0.3) is 5.65 Å². The van der Waals surface area contributed by atoms with Crippen LogP contribution in [0.2, 0.25) is 5.02 Å². The van der Waals surface area contributed by atoms with E-state index in [0.717, 1.165) is 30.0 Å². The van der Waals surface area contributed by atoms with Gasteiger partial charge >= 0.3 is 0 Å². The Morgan fingerprint density at radius 3 is 2.68 bits per heavy atom. The minimum Gasteiger partial charge on any atom is -0.390 e. The molecule has 1 aromatic carbocycles. The van der Waals surface area contributed by atoms with Crippen LogP contribution < -0.4 is 0 Å². The molecule has 0 atom stereocenters. The Morgan fingerprint density at radius 2 is 2.08 bits per heavy atom. The van der Waals surface area contributed by atoms with E-state index in [2.05, 4.69) is 10.1 Å². The number of aliphatic hydroxyl groups excluding tert-OH is 1. The Morgan fingerprint density at radius 1 is 1.36 bits per heavy atom. The third-order valence-corrected chi connectivity index (χ3v) is 6.42. The first kappa shape index (κ1) is 18.1. The molecule has 0 amide bonds. The van der Waals surface area contributed by atoms with Crippen molar-refractivity contribution in [3.63, 3.8) is 0 Å². The summed E-state index contributed by atoms with van der Waals surface area (Å²) in [6, 6.07) is 4.82. The molecule has 0 aliphatic heterocycles. The number of nitrogens with zero attached hydrogens (tertiary/aromatic N) is 3. The molecule has 2 aromatic heterocycles. The van der Waals surface area contributed by atoms with Crippen molar-refractivity contribution in [1.82, 2.24) is 14.6 Å². The van der Waals surface area contributed by atoms with Gasteiger partial charge in [-0.1, -0.05) is 11.6 Å². The zero-order valence-electron chi connectivity index (χ0n) is 13.2. The molecule has 0 bridgehead atoms. The topological polar surface area (TPSA) is 84.6 Å². The van der Waals surface area contributed by atoms with Gasteiger partial charge in [0.25, 0.3) is 0 Å². The van der Waals surface area contributed by atoms with Crippen LogP contribution in [0, 0.1) is 12.7 Å². The normalized spacial score (nSPS) is 12.0. The second kappa shape index (κ2) is 6.56. The molecule has 0 saturated heterocycles. The van der Waals surface area contributed by atoms with Crippen LogP contribution in [-0.2, 0) is 16.4 Å². The van der Waals surface area contributed by atoms with E-state index in [1.165, 1.54) is 4.52 Å². The van der Waals surface area contributed by atoms with E-state index < -0.39 is 15.7 Å². The second-order valence-electron chi connectivity index (χ2n) is 5.20. The Bertz CT molecular complexity index is 1080. The molecule has 0 aliphatic rings. The maximum absolute atomic E-state index is 13.4. The zero-order chi connectivity index (χ0) is 18.4. The molecule has 6 nitrogen and oxygen atoms in total. The summed E-state index contributed by atoms with van der Waals surface area (Å²) >= 11 is 6.87. The fraction of sp³-hybridized carbons (Fsp3) is 0.200. The quantitative estimate of drug-likeness (QED) is 0.534. The van der Waals surface area contributed by atoms with Gasteiger partial charge < -0.3 is 5.11 Å². The van der Waals surface area contributed by atoms with E-state index in [4.69, 9.17) is 11.6 Å². The number of thioether (sulfide) groups is 1. The largest absolute Gasteiger partial charge is 0.390 e. The third-order valence-electron chi connectivity index (χ3n) is 3.54. The Hall–Kier alpha value is -1.68. The Kier molecular flexibility index (Phi) is 4.76. The van der Waals surface area contributed by atoms with Crippen molar-refractivity contribution in [2.24, 2.45) is 0 Å². The fourth-order valence-corrected chi connectivity index (χ4v) is 5.08. The lowest BCUT2D eigenvalue weighted by atomic mass is 10.3. The van der Waals surface area contributed by atoms with E-state index >= 15 is 0 Å². The predicted molar refractivity (Wildman–Crippen MR) is 92.3 cm³/mol. The first-order valence-electron chi connectivity index (χ1n) is 7.04. The summed E-state index contributed by atoms with van der Waals surface area (Å²) in [5.41, 5.74) is 1.06. The molecule has 0 saturated carbocycles. The number of aromatic nitrogens is 3. The Labute approximate surface area is 152 Å². The maximum Gasteiger partial charge on any atom is 0.213 e. The van der Waals surface area contributed by atoms with Crippen LogP contribution in [0.15, 0.2) is 39.1 Å². The number of hydrogen-bond acceptors (Lipinski definition) is 6. The van der Waals surface area contributed by atoms with Crippen molar-refractivity contribution in [2.45, 2.75) is 28.3 Å². The standard InChI is InChI=1S/C15H13ClFN3O3S2/c1-8-5-9(7-21)20-14(18-8)13(15(19-20)24-2)25(22,23)10-3-4-12(17)11(16)6-10/h3-6,21H,7H2,1-2H3. The van der Waals surface area contributed by atoms with Gasteiger partial charge in [-0.25, -0.2) is 22.3 Å². The highest BCUT2D eigenvalue weighted by atomic mass is 35.5. The van der Waals surface area contributed by atoms with Gasteiger partial charge in [-0.05, 0) is 37.4 Å². The van der Waals surface area contributed by atoms with Crippen molar-refractivity contribution in [1.29, 1.82) is 0 Å². The van der Waals surface area contributed by atoms with Gasteiger partial charge in [0.15, 0.2) is 10.5 Å². The first-order chi connectivity index (χ1) is 11.8.